The molecule has 2 aromatic heterocycles. The molecule has 120 valence electrons. The molecule has 24 heavy (non-hydrogen) atoms. The molecule has 3 aromatic rings. The minimum Gasteiger partial charge on any atom is -0.481 e. The van der Waals surface area contributed by atoms with E-state index in [9.17, 15) is 4.79 Å². The number of rotatable bonds is 6. The minimum atomic E-state index is -0.878. The van der Waals surface area contributed by atoms with Gasteiger partial charge in [0.1, 0.15) is 11.5 Å². The smallest absolute Gasteiger partial charge is 0.305 e. The van der Waals surface area contributed by atoms with Gasteiger partial charge in [-0.05, 0) is 31.2 Å². The summed E-state index contributed by atoms with van der Waals surface area (Å²) in [4.78, 5) is 26.1. The van der Waals surface area contributed by atoms with Crippen LogP contribution in [0.5, 0.6) is 0 Å². The number of anilines is 1. The molecule has 0 bridgehead atoms. The molecular formula is C18H16N4O2. The Bertz CT molecular complexity index is 852. The predicted octanol–water partition coefficient (Wildman–Crippen LogP) is 2.68. The molecule has 0 unspecified atom stereocenters. The molecule has 6 nitrogen and oxygen atoms in total. The average molecular weight is 320 g/mol. The second-order valence-electron chi connectivity index (χ2n) is 5.19. The third-order valence-corrected chi connectivity index (χ3v) is 3.59. The Morgan fingerprint density at radius 2 is 1.92 bits per heavy atom. The number of carboxylic acids is 1. The molecular weight excluding hydrogens is 304 g/mol. The Hall–Kier alpha value is -3.02. The van der Waals surface area contributed by atoms with E-state index in [-0.39, 0.29) is 19.5 Å². The van der Waals surface area contributed by atoms with E-state index in [2.05, 4.69) is 15.0 Å². The summed E-state index contributed by atoms with van der Waals surface area (Å²) in [6, 6.07) is 13.1. The summed E-state index contributed by atoms with van der Waals surface area (Å²) in [6.45, 7) is 6.26. The molecule has 1 aromatic carbocycles. The molecule has 0 atom stereocenters. The lowest BCUT2D eigenvalue weighted by molar-refractivity contribution is -0.136. The number of nitrogens with zero attached hydrogens (tertiary/aromatic N) is 4. The SMILES string of the molecule is [CH]CN(CCC(=O)O)c1nc(-c2ccccn2)nc2ccccc12. The maximum Gasteiger partial charge on any atom is 0.305 e. The van der Waals surface area contributed by atoms with Crippen LogP contribution in [0.4, 0.5) is 5.82 Å². The van der Waals surface area contributed by atoms with Crippen molar-refractivity contribution >= 4 is 22.7 Å². The van der Waals surface area contributed by atoms with Gasteiger partial charge in [-0.15, -0.1) is 0 Å². The van der Waals surface area contributed by atoms with E-state index >= 15 is 0 Å². The Morgan fingerprint density at radius 1 is 1.12 bits per heavy atom. The zero-order chi connectivity index (χ0) is 16.9. The van der Waals surface area contributed by atoms with Crippen molar-refractivity contribution in [2.24, 2.45) is 0 Å². The van der Waals surface area contributed by atoms with Crippen molar-refractivity contribution in [3.05, 3.63) is 55.6 Å². The highest BCUT2D eigenvalue weighted by molar-refractivity contribution is 5.91. The van der Waals surface area contributed by atoms with Gasteiger partial charge in [0.25, 0.3) is 0 Å². The van der Waals surface area contributed by atoms with E-state index in [1.54, 1.807) is 11.1 Å². The number of hydrogen-bond acceptors (Lipinski definition) is 5. The largest absolute Gasteiger partial charge is 0.481 e. The summed E-state index contributed by atoms with van der Waals surface area (Å²) in [5.41, 5.74) is 1.41. The van der Waals surface area contributed by atoms with Crippen molar-refractivity contribution in [1.82, 2.24) is 15.0 Å². The lowest BCUT2D eigenvalue weighted by atomic mass is 10.2. The average Bonchev–Trinajstić information content (AvgIpc) is 2.62. The van der Waals surface area contributed by atoms with Gasteiger partial charge in [-0.1, -0.05) is 18.2 Å². The van der Waals surface area contributed by atoms with Gasteiger partial charge in [-0.25, -0.2) is 9.97 Å². The summed E-state index contributed by atoms with van der Waals surface area (Å²) < 4.78 is 0. The number of carboxylic acid groups (broad SMARTS) is 1. The molecule has 0 aliphatic carbocycles. The third kappa shape index (κ3) is 3.32. The second kappa shape index (κ2) is 7.04. The van der Waals surface area contributed by atoms with Gasteiger partial charge in [0.15, 0.2) is 5.82 Å². The quantitative estimate of drug-likeness (QED) is 0.752. The van der Waals surface area contributed by atoms with E-state index in [1.807, 2.05) is 42.5 Å². The van der Waals surface area contributed by atoms with Crippen LogP contribution in [0, 0.1) is 6.92 Å². The number of benzene rings is 1. The van der Waals surface area contributed by atoms with E-state index in [4.69, 9.17) is 12.0 Å². The molecule has 3 rings (SSSR count). The van der Waals surface area contributed by atoms with Gasteiger partial charge < -0.3 is 10.0 Å². The van der Waals surface area contributed by atoms with E-state index in [1.165, 1.54) is 0 Å². The maximum absolute atomic E-state index is 10.9. The van der Waals surface area contributed by atoms with Crippen molar-refractivity contribution in [1.29, 1.82) is 0 Å². The Balaban J connectivity index is 2.12. The molecule has 1 N–H and O–H groups in total. The van der Waals surface area contributed by atoms with Crippen LogP contribution in [-0.4, -0.2) is 39.1 Å². The molecule has 0 spiro atoms. The molecule has 0 aliphatic rings. The van der Waals surface area contributed by atoms with Gasteiger partial charge in [-0.2, -0.15) is 0 Å². The minimum absolute atomic E-state index is 0.0194. The highest BCUT2D eigenvalue weighted by Crippen LogP contribution is 2.26. The zero-order valence-corrected chi connectivity index (χ0v) is 13.0. The lowest BCUT2D eigenvalue weighted by Crippen LogP contribution is -2.27. The molecule has 0 aliphatic heterocycles. The standard InChI is InChI=1S/C18H16N4O2/c1-2-22(12-10-16(23)24)18-13-7-3-4-8-14(13)20-17(21-18)15-9-5-6-11-19-15/h1,3-9,11H,2,10,12H2,(H,23,24). The first kappa shape index (κ1) is 15.9. The molecule has 0 saturated carbocycles. The molecule has 0 fully saturated rings. The van der Waals surface area contributed by atoms with Crippen molar-refractivity contribution in [2.45, 2.75) is 6.42 Å². The Kier molecular flexibility index (Phi) is 4.65. The van der Waals surface area contributed by atoms with Crippen LogP contribution >= 0.6 is 0 Å². The topological polar surface area (TPSA) is 79.2 Å². The summed E-state index contributed by atoms with van der Waals surface area (Å²) in [5.74, 6) is 0.222. The third-order valence-electron chi connectivity index (χ3n) is 3.59. The fourth-order valence-corrected chi connectivity index (χ4v) is 2.42. The number of aromatic nitrogens is 3. The van der Waals surface area contributed by atoms with E-state index in [0.29, 0.717) is 17.3 Å². The summed E-state index contributed by atoms with van der Waals surface area (Å²) >= 11 is 0. The van der Waals surface area contributed by atoms with Crippen molar-refractivity contribution < 1.29 is 9.90 Å². The lowest BCUT2D eigenvalue weighted by Gasteiger charge is -2.23. The van der Waals surface area contributed by atoms with Crippen molar-refractivity contribution in [3.8, 4) is 11.5 Å². The summed E-state index contributed by atoms with van der Waals surface area (Å²) in [5, 5.41) is 9.77. The van der Waals surface area contributed by atoms with Crippen molar-refractivity contribution in [2.75, 3.05) is 18.0 Å². The number of fused-ring (bicyclic) bond motifs is 1. The van der Waals surface area contributed by atoms with Gasteiger partial charge in [-0.3, -0.25) is 9.78 Å². The monoisotopic (exact) mass is 320 g/mol. The van der Waals surface area contributed by atoms with Crippen LogP contribution in [0.15, 0.2) is 48.7 Å². The van der Waals surface area contributed by atoms with Crippen LogP contribution in [-0.2, 0) is 4.79 Å². The second-order valence-corrected chi connectivity index (χ2v) is 5.19. The van der Waals surface area contributed by atoms with Crippen LogP contribution in [0.1, 0.15) is 6.42 Å². The highest BCUT2D eigenvalue weighted by Gasteiger charge is 2.15. The first-order chi connectivity index (χ1) is 11.7. The van der Waals surface area contributed by atoms with E-state index in [0.717, 1.165) is 10.9 Å². The van der Waals surface area contributed by atoms with Gasteiger partial charge in [0.05, 0.1) is 11.9 Å². The first-order valence-electron chi connectivity index (χ1n) is 7.54. The number of carbonyl (C=O) groups is 1. The van der Waals surface area contributed by atoms with Gasteiger partial charge >= 0.3 is 5.97 Å². The van der Waals surface area contributed by atoms with Crippen molar-refractivity contribution in [3.63, 3.8) is 0 Å². The van der Waals surface area contributed by atoms with Crippen LogP contribution in [0.2, 0.25) is 0 Å². The first-order valence-corrected chi connectivity index (χ1v) is 7.54. The zero-order valence-electron chi connectivity index (χ0n) is 13.0. The fraction of sp³-hybridized carbons (Fsp3) is 0.167. The Labute approximate surface area is 139 Å². The summed E-state index contributed by atoms with van der Waals surface area (Å²) in [7, 11) is 0. The molecule has 2 radical (unpaired) electrons. The Morgan fingerprint density at radius 3 is 2.62 bits per heavy atom. The number of pyridine rings is 1. The normalized spacial score (nSPS) is 10.7. The maximum atomic E-state index is 10.9. The number of hydrogen-bond donors (Lipinski definition) is 1. The molecule has 2 heterocycles. The molecule has 0 saturated heterocycles. The molecule has 0 amide bonds. The highest BCUT2D eigenvalue weighted by atomic mass is 16.4. The van der Waals surface area contributed by atoms with Crippen LogP contribution in [0.25, 0.3) is 22.4 Å². The number of aliphatic carboxylic acids is 1. The van der Waals surface area contributed by atoms with Crippen LogP contribution in [0.3, 0.4) is 0 Å². The van der Waals surface area contributed by atoms with Crippen LogP contribution < -0.4 is 4.90 Å². The number of para-hydroxylation sites is 1. The van der Waals surface area contributed by atoms with E-state index < -0.39 is 5.97 Å². The van der Waals surface area contributed by atoms with Gasteiger partial charge in [0.2, 0.25) is 0 Å². The fourth-order valence-electron chi connectivity index (χ4n) is 2.42. The van der Waals surface area contributed by atoms with Gasteiger partial charge in [0, 0.05) is 24.7 Å². The molecule has 6 heteroatoms. The predicted molar refractivity (Wildman–Crippen MR) is 91.5 cm³/mol. The summed E-state index contributed by atoms with van der Waals surface area (Å²) in [6.07, 6.45) is 1.66.